The number of carbonyl (C=O) groups is 1. The lowest BCUT2D eigenvalue weighted by atomic mass is 10.2. The lowest BCUT2D eigenvalue weighted by Gasteiger charge is -2.34. The molecule has 1 saturated heterocycles. The maximum Gasteiger partial charge on any atom is 0.272 e. The van der Waals surface area contributed by atoms with E-state index in [1.807, 2.05) is 23.1 Å². The standard InChI is InChI=1S/C21H28N4O/c1-3-17(2)23-19-9-10-22-20(15-19)21(26)25-13-11-24(12-14-25)16-18-7-5-4-6-8-18/h4-10,15,17H,3,11-14,16H2,1-2H3,(H,22,23). The average molecular weight is 352 g/mol. The second-order valence-electron chi connectivity index (χ2n) is 6.94. The first-order valence-corrected chi connectivity index (χ1v) is 9.44. The van der Waals surface area contributed by atoms with Crippen molar-refractivity contribution in [3.8, 4) is 0 Å². The van der Waals surface area contributed by atoms with Gasteiger partial charge in [0.15, 0.2) is 0 Å². The lowest BCUT2D eigenvalue weighted by molar-refractivity contribution is 0.0623. The molecule has 1 aliphatic heterocycles. The second kappa shape index (κ2) is 8.81. The molecule has 1 atom stereocenters. The molecule has 0 aliphatic carbocycles. The van der Waals surface area contributed by atoms with E-state index in [1.165, 1.54) is 5.56 Å². The number of rotatable bonds is 6. The molecule has 1 aromatic heterocycles. The van der Waals surface area contributed by atoms with E-state index in [0.29, 0.717) is 11.7 Å². The van der Waals surface area contributed by atoms with Crippen molar-refractivity contribution in [3.63, 3.8) is 0 Å². The number of carbonyl (C=O) groups excluding carboxylic acids is 1. The van der Waals surface area contributed by atoms with E-state index >= 15 is 0 Å². The zero-order valence-electron chi connectivity index (χ0n) is 15.7. The highest BCUT2D eigenvalue weighted by molar-refractivity contribution is 5.93. The fourth-order valence-electron chi connectivity index (χ4n) is 3.14. The first-order chi connectivity index (χ1) is 12.7. The van der Waals surface area contributed by atoms with E-state index in [1.54, 1.807) is 6.20 Å². The van der Waals surface area contributed by atoms with E-state index in [-0.39, 0.29) is 5.91 Å². The molecule has 5 heteroatoms. The molecule has 5 nitrogen and oxygen atoms in total. The summed E-state index contributed by atoms with van der Waals surface area (Å²) in [4.78, 5) is 21.4. The lowest BCUT2D eigenvalue weighted by Crippen LogP contribution is -2.48. The summed E-state index contributed by atoms with van der Waals surface area (Å²) >= 11 is 0. The number of nitrogens with zero attached hydrogens (tertiary/aromatic N) is 3. The normalized spacial score (nSPS) is 16.3. The van der Waals surface area contributed by atoms with Gasteiger partial charge in [0.1, 0.15) is 5.69 Å². The van der Waals surface area contributed by atoms with Crippen LogP contribution in [0.4, 0.5) is 5.69 Å². The van der Waals surface area contributed by atoms with Gasteiger partial charge in [-0.25, -0.2) is 0 Å². The highest BCUT2D eigenvalue weighted by Crippen LogP contribution is 2.14. The fraction of sp³-hybridized carbons (Fsp3) is 0.429. The van der Waals surface area contributed by atoms with Crippen molar-refractivity contribution >= 4 is 11.6 Å². The number of aromatic nitrogens is 1. The molecule has 1 fully saturated rings. The quantitative estimate of drug-likeness (QED) is 0.867. The predicted octanol–water partition coefficient (Wildman–Crippen LogP) is 3.25. The Hall–Kier alpha value is -2.40. The Balaban J connectivity index is 1.56. The number of piperazine rings is 1. The predicted molar refractivity (Wildman–Crippen MR) is 105 cm³/mol. The SMILES string of the molecule is CCC(C)Nc1ccnc(C(=O)N2CCN(Cc3ccccc3)CC2)c1. The fourth-order valence-corrected chi connectivity index (χ4v) is 3.14. The van der Waals surface area contributed by atoms with Crippen LogP contribution in [0, 0.1) is 0 Å². The number of amides is 1. The van der Waals surface area contributed by atoms with Gasteiger partial charge in [0.2, 0.25) is 0 Å². The van der Waals surface area contributed by atoms with Gasteiger partial charge in [0, 0.05) is 50.6 Å². The summed E-state index contributed by atoms with van der Waals surface area (Å²) < 4.78 is 0. The van der Waals surface area contributed by atoms with Crippen LogP contribution in [-0.4, -0.2) is 52.9 Å². The molecule has 3 rings (SSSR count). The molecule has 0 saturated carbocycles. The number of hydrogen-bond donors (Lipinski definition) is 1. The van der Waals surface area contributed by atoms with Crippen molar-refractivity contribution < 1.29 is 4.79 Å². The van der Waals surface area contributed by atoms with Gasteiger partial charge >= 0.3 is 0 Å². The van der Waals surface area contributed by atoms with E-state index < -0.39 is 0 Å². The molecule has 138 valence electrons. The van der Waals surface area contributed by atoms with Gasteiger partial charge in [-0.05, 0) is 31.0 Å². The van der Waals surface area contributed by atoms with Crippen molar-refractivity contribution in [3.05, 3.63) is 59.9 Å². The monoisotopic (exact) mass is 352 g/mol. The molecule has 0 radical (unpaired) electrons. The number of pyridine rings is 1. The van der Waals surface area contributed by atoms with E-state index in [0.717, 1.165) is 44.8 Å². The van der Waals surface area contributed by atoms with E-state index in [9.17, 15) is 4.79 Å². The number of nitrogens with one attached hydrogen (secondary N) is 1. The second-order valence-corrected chi connectivity index (χ2v) is 6.94. The zero-order chi connectivity index (χ0) is 18.4. The largest absolute Gasteiger partial charge is 0.382 e. The van der Waals surface area contributed by atoms with Crippen molar-refractivity contribution in [2.24, 2.45) is 0 Å². The van der Waals surface area contributed by atoms with Crippen LogP contribution in [0.5, 0.6) is 0 Å². The third-order valence-electron chi connectivity index (χ3n) is 4.91. The highest BCUT2D eigenvalue weighted by atomic mass is 16.2. The van der Waals surface area contributed by atoms with E-state index in [4.69, 9.17) is 0 Å². The average Bonchev–Trinajstić information content (AvgIpc) is 2.69. The summed E-state index contributed by atoms with van der Waals surface area (Å²) in [7, 11) is 0. The van der Waals surface area contributed by atoms with Crippen LogP contribution < -0.4 is 5.32 Å². The van der Waals surface area contributed by atoms with Crippen LogP contribution in [0.2, 0.25) is 0 Å². The minimum absolute atomic E-state index is 0.0252. The Morgan fingerprint density at radius 3 is 2.58 bits per heavy atom. The minimum Gasteiger partial charge on any atom is -0.382 e. The Kier molecular flexibility index (Phi) is 6.23. The van der Waals surface area contributed by atoms with Gasteiger partial charge in [-0.1, -0.05) is 37.3 Å². The van der Waals surface area contributed by atoms with Crippen LogP contribution in [0.3, 0.4) is 0 Å². The van der Waals surface area contributed by atoms with Crippen molar-refractivity contribution in [1.29, 1.82) is 0 Å². The molecule has 0 spiro atoms. The maximum absolute atomic E-state index is 12.8. The third kappa shape index (κ3) is 4.82. The van der Waals surface area contributed by atoms with Gasteiger partial charge in [-0.2, -0.15) is 0 Å². The minimum atomic E-state index is 0.0252. The molecule has 1 aliphatic rings. The Morgan fingerprint density at radius 2 is 1.88 bits per heavy atom. The first kappa shape index (κ1) is 18.4. The van der Waals surface area contributed by atoms with Crippen LogP contribution in [0.1, 0.15) is 36.3 Å². The Labute approximate surface area is 156 Å². The smallest absolute Gasteiger partial charge is 0.272 e. The van der Waals surface area contributed by atoms with Gasteiger partial charge in [0.25, 0.3) is 5.91 Å². The number of hydrogen-bond acceptors (Lipinski definition) is 4. The molecule has 26 heavy (non-hydrogen) atoms. The van der Waals surface area contributed by atoms with Gasteiger partial charge in [0.05, 0.1) is 0 Å². The summed E-state index contributed by atoms with van der Waals surface area (Å²) in [6, 6.07) is 14.6. The molecule has 1 unspecified atom stereocenters. The molecule has 1 amide bonds. The van der Waals surface area contributed by atoms with Crippen LogP contribution in [0.15, 0.2) is 48.7 Å². The van der Waals surface area contributed by atoms with Crippen LogP contribution in [-0.2, 0) is 6.54 Å². The molecule has 1 aromatic carbocycles. The Bertz CT molecular complexity index is 711. The van der Waals surface area contributed by atoms with Crippen LogP contribution >= 0.6 is 0 Å². The summed E-state index contributed by atoms with van der Waals surface area (Å²) in [5.74, 6) is 0.0252. The summed E-state index contributed by atoms with van der Waals surface area (Å²) in [6.07, 6.45) is 2.75. The Morgan fingerprint density at radius 1 is 1.15 bits per heavy atom. The number of benzene rings is 1. The molecular formula is C21H28N4O. The van der Waals surface area contributed by atoms with Gasteiger partial charge < -0.3 is 10.2 Å². The topological polar surface area (TPSA) is 48.5 Å². The van der Waals surface area contributed by atoms with Crippen molar-refractivity contribution in [2.75, 3.05) is 31.5 Å². The summed E-state index contributed by atoms with van der Waals surface area (Å²) in [5.41, 5.74) is 2.80. The van der Waals surface area contributed by atoms with E-state index in [2.05, 4.69) is 53.3 Å². The van der Waals surface area contributed by atoms with Crippen LogP contribution in [0.25, 0.3) is 0 Å². The van der Waals surface area contributed by atoms with Crippen molar-refractivity contribution in [2.45, 2.75) is 32.9 Å². The molecule has 2 heterocycles. The van der Waals surface area contributed by atoms with Gasteiger partial charge in [-0.3, -0.25) is 14.7 Å². The molecule has 2 aromatic rings. The zero-order valence-corrected chi connectivity index (χ0v) is 15.7. The summed E-state index contributed by atoms with van der Waals surface area (Å²) in [5, 5.41) is 3.41. The molecular weight excluding hydrogens is 324 g/mol. The van der Waals surface area contributed by atoms with Gasteiger partial charge in [-0.15, -0.1) is 0 Å². The summed E-state index contributed by atoms with van der Waals surface area (Å²) in [6.45, 7) is 8.49. The third-order valence-corrected chi connectivity index (χ3v) is 4.91. The molecule has 0 bridgehead atoms. The van der Waals surface area contributed by atoms with Crippen molar-refractivity contribution in [1.82, 2.24) is 14.8 Å². The first-order valence-electron chi connectivity index (χ1n) is 9.44. The highest BCUT2D eigenvalue weighted by Gasteiger charge is 2.23. The number of anilines is 1. The molecule has 1 N–H and O–H groups in total. The maximum atomic E-state index is 12.8.